The summed E-state index contributed by atoms with van der Waals surface area (Å²) in [6.07, 6.45) is 4.68. The Balaban J connectivity index is 1.47. The van der Waals surface area contributed by atoms with Crippen molar-refractivity contribution in [3.63, 3.8) is 0 Å². The molecule has 2 fully saturated rings. The molecule has 1 unspecified atom stereocenters. The molecule has 2 N–H and O–H groups in total. The summed E-state index contributed by atoms with van der Waals surface area (Å²) in [6, 6.07) is 9.18. The van der Waals surface area contributed by atoms with Crippen LogP contribution in [-0.4, -0.2) is 30.4 Å². The Bertz CT molecular complexity index is 798. The van der Waals surface area contributed by atoms with Gasteiger partial charge in [-0.1, -0.05) is 0 Å². The summed E-state index contributed by atoms with van der Waals surface area (Å²) in [7, 11) is 0. The third-order valence-electron chi connectivity index (χ3n) is 6.19. The summed E-state index contributed by atoms with van der Waals surface area (Å²) in [5.41, 5.74) is 4.66. The first-order valence-electron chi connectivity index (χ1n) is 9.76. The van der Waals surface area contributed by atoms with E-state index < -0.39 is 0 Å². The van der Waals surface area contributed by atoms with E-state index in [1.807, 2.05) is 11.0 Å². The third-order valence-corrected chi connectivity index (χ3v) is 6.89. The molecule has 5 rings (SSSR count). The third kappa shape index (κ3) is 2.74. The van der Waals surface area contributed by atoms with Crippen molar-refractivity contribution in [2.75, 3.05) is 25.0 Å². The highest BCUT2D eigenvalue weighted by Crippen LogP contribution is 2.47. The van der Waals surface area contributed by atoms with E-state index in [9.17, 15) is 4.79 Å². The molecule has 5 heteroatoms. The van der Waals surface area contributed by atoms with E-state index in [1.165, 1.54) is 29.7 Å². The van der Waals surface area contributed by atoms with Crippen molar-refractivity contribution in [3.05, 3.63) is 51.7 Å². The van der Waals surface area contributed by atoms with Crippen LogP contribution in [-0.2, 0) is 0 Å². The molecular weight excluding hydrogens is 342 g/mol. The summed E-state index contributed by atoms with van der Waals surface area (Å²) >= 11 is 1.76. The lowest BCUT2D eigenvalue weighted by Crippen LogP contribution is -2.36. The number of piperidine rings is 1. The molecule has 1 amide bonds. The molecule has 0 spiro atoms. The Kier molecular flexibility index (Phi) is 4.21. The monoisotopic (exact) mass is 367 g/mol. The first-order valence-corrected chi connectivity index (χ1v) is 10.7. The number of hydrogen-bond donors (Lipinski definition) is 2. The molecule has 4 nitrogen and oxygen atoms in total. The number of amides is 1. The summed E-state index contributed by atoms with van der Waals surface area (Å²) in [4.78, 5) is 14.9. The van der Waals surface area contributed by atoms with Crippen molar-refractivity contribution in [2.24, 2.45) is 5.92 Å². The maximum absolute atomic E-state index is 12.9. The van der Waals surface area contributed by atoms with Gasteiger partial charge >= 0.3 is 0 Å². The van der Waals surface area contributed by atoms with Crippen LogP contribution in [0.5, 0.6) is 0 Å². The molecular formula is C21H25N3OS. The van der Waals surface area contributed by atoms with Gasteiger partial charge in [0.15, 0.2) is 0 Å². The SMILES string of the molecule is O=C(c1ccc2c(c1)[C@H]1NCC[C@H]1C(c1ccsc1)N2)N1CCCCC1. The number of anilines is 1. The van der Waals surface area contributed by atoms with Gasteiger partial charge in [-0.15, -0.1) is 0 Å². The molecule has 1 aromatic carbocycles. The number of rotatable bonds is 2. The Morgan fingerprint density at radius 3 is 2.81 bits per heavy atom. The van der Waals surface area contributed by atoms with Gasteiger partial charge in [-0.3, -0.25) is 4.79 Å². The Morgan fingerprint density at radius 2 is 2.00 bits per heavy atom. The fourth-order valence-electron chi connectivity index (χ4n) is 4.84. The fourth-order valence-corrected chi connectivity index (χ4v) is 5.54. The lowest BCUT2D eigenvalue weighted by molar-refractivity contribution is 0.0724. The van der Waals surface area contributed by atoms with Crippen LogP contribution in [0.4, 0.5) is 5.69 Å². The van der Waals surface area contributed by atoms with Gasteiger partial charge in [-0.05, 0) is 78.4 Å². The van der Waals surface area contributed by atoms with Gasteiger partial charge in [0, 0.05) is 36.3 Å². The summed E-state index contributed by atoms with van der Waals surface area (Å²) < 4.78 is 0. The first-order chi connectivity index (χ1) is 12.8. The molecule has 136 valence electrons. The standard InChI is InChI=1S/C21H25N3OS/c25-21(24-9-2-1-3-10-24)14-4-5-18-17(12-14)20-16(6-8-22-20)19(23-18)15-7-11-26-13-15/h4-5,7,11-13,16,19-20,22-23H,1-3,6,8-10H2/t16-,19?,20-/m0/s1. The minimum atomic E-state index is 0.196. The number of fused-ring (bicyclic) bond motifs is 3. The average molecular weight is 368 g/mol. The number of thiophene rings is 1. The van der Waals surface area contributed by atoms with Gasteiger partial charge in [0.2, 0.25) is 0 Å². The van der Waals surface area contributed by atoms with Gasteiger partial charge in [0.05, 0.1) is 6.04 Å². The molecule has 3 aliphatic rings. The molecule has 4 heterocycles. The zero-order valence-corrected chi connectivity index (χ0v) is 15.7. The largest absolute Gasteiger partial charge is 0.378 e. The number of carbonyl (C=O) groups excluding carboxylic acids is 1. The van der Waals surface area contributed by atoms with Crippen molar-refractivity contribution in [2.45, 2.75) is 37.8 Å². The number of likely N-dealkylation sites (tertiary alicyclic amines) is 1. The van der Waals surface area contributed by atoms with Gasteiger partial charge in [-0.25, -0.2) is 0 Å². The van der Waals surface area contributed by atoms with E-state index >= 15 is 0 Å². The normalized spacial score (nSPS) is 27.5. The zero-order valence-electron chi connectivity index (χ0n) is 14.9. The lowest BCUT2D eigenvalue weighted by Gasteiger charge is -2.37. The molecule has 3 aliphatic heterocycles. The Labute approximate surface area is 158 Å². The highest BCUT2D eigenvalue weighted by atomic mass is 32.1. The number of carbonyl (C=O) groups is 1. The van der Waals surface area contributed by atoms with Crippen LogP contribution in [0.25, 0.3) is 0 Å². The van der Waals surface area contributed by atoms with Gasteiger partial charge in [0.1, 0.15) is 0 Å². The number of nitrogens with zero attached hydrogens (tertiary/aromatic N) is 1. The maximum atomic E-state index is 12.9. The molecule has 2 aromatic rings. The number of benzene rings is 1. The molecule has 0 bridgehead atoms. The van der Waals surface area contributed by atoms with Crippen molar-refractivity contribution < 1.29 is 4.79 Å². The number of nitrogens with one attached hydrogen (secondary N) is 2. The van der Waals surface area contributed by atoms with Crippen molar-refractivity contribution in [3.8, 4) is 0 Å². The molecule has 3 atom stereocenters. The second kappa shape index (κ2) is 6.71. The fraction of sp³-hybridized carbons (Fsp3) is 0.476. The van der Waals surface area contributed by atoms with Crippen LogP contribution >= 0.6 is 11.3 Å². The van der Waals surface area contributed by atoms with E-state index in [4.69, 9.17) is 0 Å². The minimum absolute atomic E-state index is 0.196. The van der Waals surface area contributed by atoms with Crippen molar-refractivity contribution in [1.82, 2.24) is 10.2 Å². The molecule has 0 aliphatic carbocycles. The van der Waals surface area contributed by atoms with Crippen LogP contribution in [0.15, 0.2) is 35.0 Å². The van der Waals surface area contributed by atoms with Crippen LogP contribution in [0.2, 0.25) is 0 Å². The highest BCUT2D eigenvalue weighted by molar-refractivity contribution is 7.08. The maximum Gasteiger partial charge on any atom is 0.253 e. The van der Waals surface area contributed by atoms with E-state index in [1.54, 1.807) is 11.3 Å². The predicted molar refractivity (Wildman–Crippen MR) is 106 cm³/mol. The number of hydrogen-bond acceptors (Lipinski definition) is 4. The summed E-state index contributed by atoms with van der Waals surface area (Å²) in [5.74, 6) is 0.736. The molecule has 1 aromatic heterocycles. The Hall–Kier alpha value is -1.85. The van der Waals surface area contributed by atoms with E-state index in [0.29, 0.717) is 18.0 Å². The van der Waals surface area contributed by atoms with E-state index in [2.05, 4.69) is 39.6 Å². The second-order valence-corrected chi connectivity index (χ2v) is 8.50. The first kappa shape index (κ1) is 16.3. The second-order valence-electron chi connectivity index (χ2n) is 7.72. The highest BCUT2D eigenvalue weighted by Gasteiger charge is 2.40. The van der Waals surface area contributed by atoms with Crippen molar-refractivity contribution in [1.29, 1.82) is 0 Å². The van der Waals surface area contributed by atoms with Crippen LogP contribution in [0, 0.1) is 5.92 Å². The average Bonchev–Trinajstić information content (AvgIpc) is 3.39. The lowest BCUT2D eigenvalue weighted by atomic mass is 9.80. The molecule has 0 saturated carbocycles. The Morgan fingerprint density at radius 1 is 1.12 bits per heavy atom. The molecule has 0 radical (unpaired) electrons. The zero-order chi connectivity index (χ0) is 17.5. The summed E-state index contributed by atoms with van der Waals surface area (Å²) in [5, 5.41) is 11.9. The van der Waals surface area contributed by atoms with Crippen LogP contribution < -0.4 is 10.6 Å². The minimum Gasteiger partial charge on any atom is -0.378 e. The predicted octanol–water partition coefficient (Wildman–Crippen LogP) is 4.19. The van der Waals surface area contributed by atoms with Gasteiger partial charge < -0.3 is 15.5 Å². The van der Waals surface area contributed by atoms with Crippen molar-refractivity contribution >= 4 is 22.9 Å². The van der Waals surface area contributed by atoms with Gasteiger partial charge in [-0.2, -0.15) is 11.3 Å². The van der Waals surface area contributed by atoms with Crippen LogP contribution in [0.3, 0.4) is 0 Å². The molecule has 26 heavy (non-hydrogen) atoms. The smallest absolute Gasteiger partial charge is 0.253 e. The van der Waals surface area contributed by atoms with Gasteiger partial charge in [0.25, 0.3) is 5.91 Å². The molecule has 2 saturated heterocycles. The van der Waals surface area contributed by atoms with Crippen LogP contribution in [0.1, 0.15) is 59.3 Å². The van der Waals surface area contributed by atoms with E-state index in [0.717, 1.165) is 38.0 Å². The van der Waals surface area contributed by atoms with E-state index in [-0.39, 0.29) is 5.91 Å². The quantitative estimate of drug-likeness (QED) is 0.836. The topological polar surface area (TPSA) is 44.4 Å². The summed E-state index contributed by atoms with van der Waals surface area (Å²) in [6.45, 7) is 2.85.